The molecule has 1 fully saturated rings. The molecule has 0 radical (unpaired) electrons. The summed E-state index contributed by atoms with van der Waals surface area (Å²) >= 11 is 4.09. The molecule has 1 aromatic heterocycles. The lowest BCUT2D eigenvalue weighted by atomic mass is 9.97. The van der Waals surface area contributed by atoms with Gasteiger partial charge >= 0.3 is 11.9 Å². The van der Waals surface area contributed by atoms with Crippen LogP contribution in [-0.2, 0) is 28.7 Å². The Kier molecular flexibility index (Phi) is 12.6. The number of carbonyl (C=O) groups is 5. The van der Waals surface area contributed by atoms with Crippen molar-refractivity contribution in [2.75, 3.05) is 31.9 Å². The van der Waals surface area contributed by atoms with E-state index in [-0.39, 0.29) is 41.6 Å². The van der Waals surface area contributed by atoms with E-state index >= 15 is 0 Å². The first kappa shape index (κ1) is 36.4. The first-order valence-corrected chi connectivity index (χ1v) is 16.4. The summed E-state index contributed by atoms with van der Waals surface area (Å²) < 4.78 is 11.0. The van der Waals surface area contributed by atoms with Gasteiger partial charge in [0.25, 0.3) is 11.8 Å². The molecule has 3 N–H and O–H groups in total. The van der Waals surface area contributed by atoms with Crippen molar-refractivity contribution < 1.29 is 38.6 Å². The van der Waals surface area contributed by atoms with E-state index in [9.17, 15) is 29.1 Å². The maximum atomic E-state index is 13.4. The van der Waals surface area contributed by atoms with Crippen LogP contribution in [0.25, 0.3) is 0 Å². The van der Waals surface area contributed by atoms with Crippen LogP contribution in [0, 0.1) is 12.3 Å². The molecule has 3 atom stereocenters. The second-order valence-corrected chi connectivity index (χ2v) is 14.4. The van der Waals surface area contributed by atoms with Gasteiger partial charge in [0, 0.05) is 22.6 Å². The van der Waals surface area contributed by atoms with E-state index in [0.29, 0.717) is 21.4 Å². The third-order valence-electron chi connectivity index (χ3n) is 6.55. The second-order valence-electron chi connectivity index (χ2n) is 10.9. The summed E-state index contributed by atoms with van der Waals surface area (Å²) in [5.74, 6) is -2.50. The molecule has 1 saturated heterocycles. The van der Waals surface area contributed by atoms with Gasteiger partial charge in [0.05, 0.1) is 12.0 Å². The van der Waals surface area contributed by atoms with Crippen LogP contribution in [-0.4, -0.2) is 93.0 Å². The number of nitrogens with one attached hydrogen (secondary N) is 2. The van der Waals surface area contributed by atoms with Crippen LogP contribution in [0.3, 0.4) is 0 Å². The number of Topliss-reactive ketones (excluding diaryl/α,β-unsaturated/α-hetero) is 1. The van der Waals surface area contributed by atoms with Gasteiger partial charge in [-0.15, -0.1) is 34.4 Å². The van der Waals surface area contributed by atoms with E-state index in [0.717, 1.165) is 5.01 Å². The molecule has 4 rings (SSSR count). The highest BCUT2D eigenvalue weighted by Crippen LogP contribution is 2.42. The van der Waals surface area contributed by atoms with Crippen LogP contribution in [0.15, 0.2) is 39.9 Å². The highest BCUT2D eigenvalue weighted by Gasteiger charge is 2.54. The number of amides is 2. The van der Waals surface area contributed by atoms with Gasteiger partial charge in [-0.05, 0) is 40.3 Å². The fourth-order valence-electron chi connectivity index (χ4n) is 4.31. The Hall–Kier alpha value is -3.02. The van der Waals surface area contributed by atoms with Crippen LogP contribution in [0.4, 0.5) is 0 Å². The summed E-state index contributed by atoms with van der Waals surface area (Å²) in [5, 5.41) is 24.4. The number of halogens is 1. The molecular formula is C28H34ClN5O8S3. The number of ether oxygens (including phenoxy) is 2. The zero-order chi connectivity index (χ0) is 32.2. The quantitative estimate of drug-likeness (QED) is 0.0967. The SMILES string of the molecule is CNCC(=O)c1ccccc1C(O)C(=O)NC1C(=O)N2C(C(=O)OCOC(=O)C(C)(C)C)=C(CSc3nnc(C)s3)CS[C@@H]12.Cl. The number of thioether (sulfide) groups is 2. The first-order chi connectivity index (χ1) is 20.8. The summed E-state index contributed by atoms with van der Waals surface area (Å²) in [4.78, 5) is 65.7. The van der Waals surface area contributed by atoms with Gasteiger partial charge in [0.15, 0.2) is 16.2 Å². The summed E-state index contributed by atoms with van der Waals surface area (Å²) in [7, 11) is 1.61. The lowest BCUT2D eigenvalue weighted by Gasteiger charge is -2.49. The molecule has 17 heteroatoms. The van der Waals surface area contributed by atoms with Crippen molar-refractivity contribution in [2.45, 2.75) is 49.6 Å². The number of esters is 2. The molecule has 3 heterocycles. The van der Waals surface area contributed by atoms with E-state index in [4.69, 9.17) is 9.47 Å². The van der Waals surface area contributed by atoms with Crippen LogP contribution in [0.2, 0.25) is 0 Å². The number of hydrogen-bond acceptors (Lipinski definition) is 14. The van der Waals surface area contributed by atoms with Gasteiger partial charge < -0.3 is 25.2 Å². The van der Waals surface area contributed by atoms with E-state index in [1.165, 1.54) is 51.9 Å². The Labute approximate surface area is 278 Å². The molecule has 244 valence electrons. The predicted octanol–water partition coefficient (Wildman–Crippen LogP) is 2.24. The number of likely N-dealkylation sites (N-methyl/N-ethyl adjacent to an activating group) is 1. The molecule has 1 aromatic carbocycles. The minimum absolute atomic E-state index is 0. The van der Waals surface area contributed by atoms with E-state index in [1.54, 1.807) is 40.0 Å². The fourth-order valence-corrected chi connectivity index (χ4v) is 7.61. The van der Waals surface area contributed by atoms with Crippen molar-refractivity contribution in [3.63, 3.8) is 0 Å². The highest BCUT2D eigenvalue weighted by atomic mass is 35.5. The van der Waals surface area contributed by atoms with Crippen molar-refractivity contribution in [1.29, 1.82) is 0 Å². The Balaban J connectivity index is 0.00000552. The monoisotopic (exact) mass is 699 g/mol. The normalized spacial score (nSPS) is 18.3. The molecule has 0 aliphatic carbocycles. The van der Waals surface area contributed by atoms with Gasteiger partial charge in [-0.3, -0.25) is 24.1 Å². The molecule has 0 saturated carbocycles. The van der Waals surface area contributed by atoms with Crippen LogP contribution >= 0.6 is 47.3 Å². The number of aliphatic hydroxyl groups excluding tert-OH is 1. The highest BCUT2D eigenvalue weighted by molar-refractivity contribution is 8.01. The lowest BCUT2D eigenvalue weighted by molar-refractivity contribution is -0.173. The summed E-state index contributed by atoms with van der Waals surface area (Å²) in [6, 6.07) is 5.18. The number of aromatic nitrogens is 2. The molecule has 13 nitrogen and oxygen atoms in total. The van der Waals surface area contributed by atoms with Crippen molar-refractivity contribution in [3.8, 4) is 0 Å². The minimum atomic E-state index is -1.71. The second kappa shape index (κ2) is 15.5. The molecule has 2 unspecified atom stereocenters. The molecule has 2 amide bonds. The van der Waals surface area contributed by atoms with Gasteiger partial charge in [0.2, 0.25) is 6.79 Å². The Morgan fingerprint density at radius 1 is 1.18 bits per heavy atom. The average Bonchev–Trinajstić information content (AvgIpc) is 3.41. The first-order valence-electron chi connectivity index (χ1n) is 13.5. The molecular weight excluding hydrogens is 666 g/mol. The average molecular weight is 700 g/mol. The number of aliphatic hydroxyl groups is 1. The predicted molar refractivity (Wildman–Crippen MR) is 171 cm³/mol. The number of hydrogen-bond donors (Lipinski definition) is 3. The fraction of sp³-hybridized carbons (Fsp3) is 0.464. The van der Waals surface area contributed by atoms with Crippen molar-refractivity contribution in [1.82, 2.24) is 25.7 Å². The molecule has 45 heavy (non-hydrogen) atoms. The Morgan fingerprint density at radius 3 is 2.53 bits per heavy atom. The number of β-lactam (4-membered cyclic amide) rings is 1. The number of carbonyl (C=O) groups excluding carboxylic acids is 5. The molecule has 0 spiro atoms. The largest absolute Gasteiger partial charge is 0.427 e. The van der Waals surface area contributed by atoms with Gasteiger partial charge in [-0.2, -0.15) is 0 Å². The number of nitrogens with zero attached hydrogens (tertiary/aromatic N) is 3. The molecule has 2 aliphatic heterocycles. The van der Waals surface area contributed by atoms with Crippen LogP contribution < -0.4 is 10.6 Å². The van der Waals surface area contributed by atoms with E-state index < -0.39 is 53.5 Å². The maximum Gasteiger partial charge on any atom is 0.357 e. The zero-order valence-corrected chi connectivity index (χ0v) is 28.4. The zero-order valence-electron chi connectivity index (χ0n) is 25.1. The van der Waals surface area contributed by atoms with Crippen LogP contribution in [0.1, 0.15) is 47.8 Å². The number of ketones is 1. The number of fused-ring (bicyclic) bond motifs is 1. The third-order valence-corrected chi connectivity index (χ3v) is 9.95. The Morgan fingerprint density at radius 2 is 1.89 bits per heavy atom. The number of rotatable bonds is 12. The summed E-state index contributed by atoms with van der Waals surface area (Å²) in [5.41, 5.74) is 0.112. The smallest absolute Gasteiger partial charge is 0.357 e. The molecule has 2 aromatic rings. The minimum Gasteiger partial charge on any atom is -0.427 e. The van der Waals surface area contributed by atoms with Crippen LogP contribution in [0.5, 0.6) is 0 Å². The van der Waals surface area contributed by atoms with Gasteiger partial charge in [-0.25, -0.2) is 4.79 Å². The standard InChI is InChI=1S/C28H33N5O8S3.ClH/c1-14-31-32-27(44-14)43-12-15-11-42-24-19(23(37)33(24)20(15)25(38)40-13-41-26(39)28(2,3)4)30-22(36)21(35)17-9-7-6-8-16(17)18(34)10-29-5;/h6-9,19,21,24,29,35H,10-13H2,1-5H3,(H,30,36);1H/t19?,21?,24-;/m0./s1. The molecule has 0 bridgehead atoms. The topological polar surface area (TPSA) is 177 Å². The maximum absolute atomic E-state index is 13.4. The van der Waals surface area contributed by atoms with Crippen molar-refractivity contribution in [2.24, 2.45) is 5.41 Å². The third kappa shape index (κ3) is 8.42. The van der Waals surface area contributed by atoms with Gasteiger partial charge in [-0.1, -0.05) is 47.4 Å². The van der Waals surface area contributed by atoms with E-state index in [2.05, 4.69) is 20.8 Å². The number of aryl methyl sites for hydroxylation is 1. The molecule has 2 aliphatic rings. The lowest BCUT2D eigenvalue weighted by Crippen LogP contribution is -2.71. The summed E-state index contributed by atoms with van der Waals surface area (Å²) in [6.45, 7) is 6.20. The Bertz CT molecular complexity index is 1490. The van der Waals surface area contributed by atoms with Crippen molar-refractivity contribution in [3.05, 3.63) is 51.7 Å². The van der Waals surface area contributed by atoms with Gasteiger partial charge in [0.1, 0.15) is 22.1 Å². The number of benzene rings is 1. The van der Waals surface area contributed by atoms with E-state index in [1.807, 2.05) is 6.92 Å². The van der Waals surface area contributed by atoms with Crippen molar-refractivity contribution >= 4 is 76.8 Å². The summed E-state index contributed by atoms with van der Waals surface area (Å²) in [6.07, 6.45) is -1.71.